The Morgan fingerprint density at radius 1 is 1.27 bits per heavy atom. The summed E-state index contributed by atoms with van der Waals surface area (Å²) >= 11 is 0. The molecule has 0 aromatic heterocycles. The van der Waals surface area contributed by atoms with Crippen molar-refractivity contribution in [3.63, 3.8) is 0 Å². The van der Waals surface area contributed by atoms with Crippen LogP contribution >= 0.6 is 0 Å². The predicted molar refractivity (Wildman–Crippen MR) is 27.9 cm³/mol. The van der Waals surface area contributed by atoms with Crippen LogP contribution in [0.1, 0.15) is 6.92 Å². The molecule has 0 heterocycles. The van der Waals surface area contributed by atoms with Crippen LogP contribution in [0.3, 0.4) is 0 Å². The first-order valence-corrected chi connectivity index (χ1v) is 2.13. The van der Waals surface area contributed by atoms with Gasteiger partial charge in [0.05, 0.1) is 0 Å². The Balaban J connectivity index is 0. The smallest absolute Gasteiger partial charge is 0.387 e. The van der Waals surface area contributed by atoms with E-state index in [9.17, 15) is 22.8 Å². The largest absolute Gasteiger partial charge is 0.491 e. The van der Waals surface area contributed by atoms with E-state index in [2.05, 4.69) is 4.74 Å². The van der Waals surface area contributed by atoms with Crippen molar-refractivity contribution in [2.75, 3.05) is 0 Å². The van der Waals surface area contributed by atoms with Gasteiger partial charge in [0.2, 0.25) is 0 Å². The van der Waals surface area contributed by atoms with Crippen LogP contribution in [0.4, 0.5) is 13.2 Å². The molecule has 0 atom stereocenters. The lowest BCUT2D eigenvalue weighted by atomic mass is 10.6. The molecule has 0 aromatic rings. The van der Waals surface area contributed by atoms with Crippen LogP contribution in [-0.2, 0) is 14.3 Å². The molecule has 4 nitrogen and oxygen atoms in total. The van der Waals surface area contributed by atoms with Crippen LogP contribution in [0, 0.1) is 0 Å². The van der Waals surface area contributed by atoms with Gasteiger partial charge in [-0.15, -0.1) is 0 Å². The summed E-state index contributed by atoms with van der Waals surface area (Å²) in [7, 11) is 0. The standard InChI is InChI=1S/C4H3F3O3.H3N/c1-2(8)10-3(9)4(5,6)7;/h1H3;1H3. The highest BCUT2D eigenvalue weighted by molar-refractivity contribution is 5.87. The molecule has 0 fully saturated rings. The molecule has 0 amide bonds. The van der Waals surface area contributed by atoms with Crippen molar-refractivity contribution in [3.05, 3.63) is 0 Å². The number of hydrogen-bond acceptors (Lipinski definition) is 4. The molecule has 0 aliphatic carbocycles. The Morgan fingerprint density at radius 3 is 1.73 bits per heavy atom. The van der Waals surface area contributed by atoms with E-state index in [0.717, 1.165) is 0 Å². The van der Waals surface area contributed by atoms with Crippen molar-refractivity contribution < 1.29 is 27.5 Å². The molecule has 0 saturated heterocycles. The van der Waals surface area contributed by atoms with Gasteiger partial charge in [-0.3, -0.25) is 4.79 Å². The van der Waals surface area contributed by atoms with Crippen molar-refractivity contribution >= 4 is 11.9 Å². The molecular formula is C4H6F3NO3. The fourth-order valence-corrected chi connectivity index (χ4v) is 0.188. The third kappa shape index (κ3) is 5.34. The highest BCUT2D eigenvalue weighted by Crippen LogP contribution is 2.16. The minimum Gasteiger partial charge on any atom is -0.387 e. The van der Waals surface area contributed by atoms with Crippen LogP contribution < -0.4 is 6.15 Å². The van der Waals surface area contributed by atoms with Crippen molar-refractivity contribution in [1.82, 2.24) is 6.15 Å². The number of halogens is 3. The van der Waals surface area contributed by atoms with Gasteiger partial charge in [-0.1, -0.05) is 0 Å². The van der Waals surface area contributed by atoms with Gasteiger partial charge in [-0.25, -0.2) is 4.79 Å². The van der Waals surface area contributed by atoms with Crippen LogP contribution in [0.5, 0.6) is 0 Å². The van der Waals surface area contributed by atoms with Crippen LogP contribution in [0.25, 0.3) is 0 Å². The van der Waals surface area contributed by atoms with E-state index >= 15 is 0 Å². The van der Waals surface area contributed by atoms with Gasteiger partial charge in [0.15, 0.2) is 0 Å². The van der Waals surface area contributed by atoms with E-state index in [-0.39, 0.29) is 6.15 Å². The Bertz CT molecular complexity index is 164. The summed E-state index contributed by atoms with van der Waals surface area (Å²) in [6, 6.07) is 0. The molecule has 0 bridgehead atoms. The second-order valence-corrected chi connectivity index (χ2v) is 1.38. The summed E-state index contributed by atoms with van der Waals surface area (Å²) in [4.78, 5) is 19.5. The van der Waals surface area contributed by atoms with Crippen LogP contribution in [0.2, 0.25) is 0 Å². The van der Waals surface area contributed by atoms with E-state index < -0.39 is 18.1 Å². The average molecular weight is 173 g/mol. The summed E-state index contributed by atoms with van der Waals surface area (Å²) in [5.74, 6) is -3.76. The third-order valence-corrected chi connectivity index (χ3v) is 0.468. The lowest BCUT2D eigenvalue weighted by Gasteiger charge is -2.01. The highest BCUT2D eigenvalue weighted by Gasteiger charge is 2.41. The summed E-state index contributed by atoms with van der Waals surface area (Å²) in [6.45, 7) is 0.712. The van der Waals surface area contributed by atoms with Gasteiger partial charge in [-0.2, -0.15) is 13.2 Å². The molecule has 11 heavy (non-hydrogen) atoms. The minimum atomic E-state index is -5.09. The summed E-state index contributed by atoms with van der Waals surface area (Å²) < 4.78 is 36.8. The Labute approximate surface area is 59.9 Å². The second-order valence-electron chi connectivity index (χ2n) is 1.38. The first kappa shape index (κ1) is 12.6. The number of carbonyl (C=O) groups excluding carboxylic acids is 2. The maximum Gasteiger partial charge on any atom is 0.491 e. The monoisotopic (exact) mass is 173 g/mol. The molecular weight excluding hydrogens is 167 g/mol. The van der Waals surface area contributed by atoms with E-state index in [1.54, 1.807) is 0 Å². The van der Waals surface area contributed by atoms with Crippen LogP contribution in [0.15, 0.2) is 0 Å². The van der Waals surface area contributed by atoms with Gasteiger partial charge in [-0.05, 0) is 0 Å². The first-order chi connectivity index (χ1) is 4.34. The lowest BCUT2D eigenvalue weighted by Crippen LogP contribution is -2.26. The number of esters is 2. The van der Waals surface area contributed by atoms with Crippen molar-refractivity contribution in [2.45, 2.75) is 13.1 Å². The van der Waals surface area contributed by atoms with Gasteiger partial charge in [0, 0.05) is 6.92 Å². The van der Waals surface area contributed by atoms with Gasteiger partial charge in [0.25, 0.3) is 0 Å². The number of hydrogen-bond donors (Lipinski definition) is 1. The molecule has 0 saturated carbocycles. The zero-order valence-corrected chi connectivity index (χ0v) is 5.57. The molecule has 7 heteroatoms. The molecule has 0 aliphatic heterocycles. The Morgan fingerprint density at radius 2 is 1.64 bits per heavy atom. The Kier molecular flexibility index (Phi) is 4.47. The minimum absolute atomic E-state index is 0. The molecule has 0 radical (unpaired) electrons. The van der Waals surface area contributed by atoms with Gasteiger partial charge >= 0.3 is 18.1 Å². The topological polar surface area (TPSA) is 78.4 Å². The maximum absolute atomic E-state index is 11.2. The zero-order valence-electron chi connectivity index (χ0n) is 5.57. The van der Waals surface area contributed by atoms with E-state index in [1.807, 2.05) is 0 Å². The second kappa shape index (κ2) is 3.91. The molecule has 0 unspecified atom stereocenters. The van der Waals surface area contributed by atoms with Crippen LogP contribution in [-0.4, -0.2) is 18.1 Å². The summed E-state index contributed by atoms with van der Waals surface area (Å²) in [5, 5.41) is 0. The van der Waals surface area contributed by atoms with E-state index in [1.165, 1.54) is 0 Å². The highest BCUT2D eigenvalue weighted by atomic mass is 19.4. The van der Waals surface area contributed by atoms with E-state index in [0.29, 0.717) is 6.92 Å². The van der Waals surface area contributed by atoms with Crippen molar-refractivity contribution in [1.29, 1.82) is 0 Å². The summed E-state index contributed by atoms with van der Waals surface area (Å²) in [6.07, 6.45) is -5.09. The fourth-order valence-electron chi connectivity index (χ4n) is 0.188. The molecule has 3 N–H and O–H groups in total. The zero-order chi connectivity index (χ0) is 8.36. The Hall–Kier alpha value is -1.11. The number of rotatable bonds is 0. The number of ether oxygens (including phenoxy) is 1. The van der Waals surface area contributed by atoms with Gasteiger partial charge < -0.3 is 10.9 Å². The lowest BCUT2D eigenvalue weighted by molar-refractivity contribution is -0.201. The van der Waals surface area contributed by atoms with Gasteiger partial charge in [0.1, 0.15) is 0 Å². The number of carbonyl (C=O) groups is 2. The third-order valence-electron chi connectivity index (χ3n) is 0.468. The normalized spacial score (nSPS) is 9.82. The average Bonchev–Trinajstić information content (AvgIpc) is 1.60. The van der Waals surface area contributed by atoms with Crippen molar-refractivity contribution in [3.8, 4) is 0 Å². The predicted octanol–water partition coefficient (Wildman–Crippen LogP) is 0.800. The first-order valence-electron chi connectivity index (χ1n) is 2.13. The fraction of sp³-hybridized carbons (Fsp3) is 0.500. The molecule has 66 valence electrons. The van der Waals surface area contributed by atoms with Crippen molar-refractivity contribution in [2.24, 2.45) is 0 Å². The summed E-state index contributed by atoms with van der Waals surface area (Å²) in [5.41, 5.74) is 0. The molecule has 0 spiro atoms. The quantitative estimate of drug-likeness (QED) is 0.434. The maximum atomic E-state index is 11.2. The number of alkyl halides is 3. The molecule has 0 aromatic carbocycles. The van der Waals surface area contributed by atoms with E-state index in [4.69, 9.17) is 0 Å². The molecule has 0 rings (SSSR count). The SMILES string of the molecule is CC(=O)OC(=O)C(F)(F)F.N. The molecule has 0 aliphatic rings.